The van der Waals surface area contributed by atoms with E-state index >= 15 is 0 Å². The number of hydrogen-bond acceptors (Lipinski definition) is 3. The van der Waals surface area contributed by atoms with Crippen LogP contribution in [0.1, 0.15) is 5.56 Å². The summed E-state index contributed by atoms with van der Waals surface area (Å²) in [6.45, 7) is 0.0988. The van der Waals surface area contributed by atoms with Crippen LogP contribution in [0.25, 0.3) is 10.8 Å². The van der Waals surface area contributed by atoms with Crippen molar-refractivity contribution in [2.24, 2.45) is 5.10 Å². The molecule has 0 aliphatic carbocycles. The van der Waals surface area contributed by atoms with Crippen molar-refractivity contribution in [3.8, 4) is 0 Å². The van der Waals surface area contributed by atoms with Gasteiger partial charge in [-0.1, -0.05) is 65.7 Å². The lowest BCUT2D eigenvalue weighted by atomic mass is 10.1. The number of rotatable bonds is 5. The summed E-state index contributed by atoms with van der Waals surface area (Å²) in [5.74, 6) is -0.271. The van der Waals surface area contributed by atoms with E-state index in [1.165, 1.54) is 6.21 Å². The first-order chi connectivity index (χ1) is 12.1. The Morgan fingerprint density at radius 3 is 2.44 bits per heavy atom. The highest BCUT2D eigenvalue weighted by atomic mass is 35.5. The number of hydrazone groups is 1. The number of carbonyl (C=O) groups excluding carboxylic acids is 1. The molecule has 2 N–H and O–H groups in total. The molecule has 0 aliphatic heterocycles. The maximum Gasteiger partial charge on any atom is 0.259 e. The molecule has 0 aliphatic rings. The Bertz CT molecular complexity index is 915. The molecule has 0 heterocycles. The highest BCUT2D eigenvalue weighted by molar-refractivity contribution is 6.38. The van der Waals surface area contributed by atoms with E-state index in [0.717, 1.165) is 16.5 Å². The van der Waals surface area contributed by atoms with E-state index in [0.29, 0.717) is 15.6 Å². The largest absolute Gasteiger partial charge is 0.376 e. The monoisotopic (exact) mass is 371 g/mol. The van der Waals surface area contributed by atoms with Gasteiger partial charge in [0.2, 0.25) is 0 Å². The van der Waals surface area contributed by atoms with Crippen LogP contribution in [0.15, 0.2) is 65.8 Å². The van der Waals surface area contributed by atoms with Crippen molar-refractivity contribution in [2.45, 2.75) is 0 Å². The van der Waals surface area contributed by atoms with Gasteiger partial charge >= 0.3 is 0 Å². The number of nitrogens with one attached hydrogen (secondary N) is 2. The van der Waals surface area contributed by atoms with E-state index in [-0.39, 0.29) is 12.5 Å². The highest BCUT2D eigenvalue weighted by Gasteiger charge is 2.04. The first-order valence-electron chi connectivity index (χ1n) is 7.63. The average Bonchev–Trinajstić information content (AvgIpc) is 2.62. The fourth-order valence-electron chi connectivity index (χ4n) is 2.40. The van der Waals surface area contributed by atoms with Gasteiger partial charge in [-0.05, 0) is 23.6 Å². The third-order valence-electron chi connectivity index (χ3n) is 3.61. The predicted octanol–water partition coefficient (Wildman–Crippen LogP) is 4.71. The lowest BCUT2D eigenvalue weighted by Gasteiger charge is -2.08. The molecule has 3 aromatic carbocycles. The fraction of sp³-hybridized carbons (Fsp3) is 0.0526. The number of benzene rings is 3. The van der Waals surface area contributed by atoms with E-state index in [2.05, 4.69) is 15.8 Å². The van der Waals surface area contributed by atoms with Crippen LogP contribution in [-0.4, -0.2) is 18.7 Å². The summed E-state index contributed by atoms with van der Waals surface area (Å²) in [5.41, 5.74) is 3.91. The third-order valence-corrected chi connectivity index (χ3v) is 4.27. The van der Waals surface area contributed by atoms with Crippen LogP contribution in [0.5, 0.6) is 0 Å². The molecule has 6 heteroatoms. The minimum atomic E-state index is -0.271. The van der Waals surface area contributed by atoms with Gasteiger partial charge in [0.15, 0.2) is 0 Å². The van der Waals surface area contributed by atoms with Crippen LogP contribution in [0.4, 0.5) is 5.69 Å². The van der Waals surface area contributed by atoms with E-state index in [4.69, 9.17) is 23.2 Å². The second-order valence-corrected chi connectivity index (χ2v) is 6.12. The molecule has 0 aromatic heterocycles. The quantitative estimate of drug-likeness (QED) is 0.504. The van der Waals surface area contributed by atoms with Crippen LogP contribution < -0.4 is 10.7 Å². The highest BCUT2D eigenvalue weighted by Crippen LogP contribution is 2.23. The number of hydrogen-bond donors (Lipinski definition) is 2. The van der Waals surface area contributed by atoms with Crippen molar-refractivity contribution in [3.05, 3.63) is 76.3 Å². The lowest BCUT2D eigenvalue weighted by Crippen LogP contribution is -2.26. The molecule has 25 heavy (non-hydrogen) atoms. The van der Waals surface area contributed by atoms with Gasteiger partial charge < -0.3 is 5.32 Å². The SMILES string of the molecule is O=C(CNc1cccc2ccccc12)N/N=C\c1c(Cl)cccc1Cl. The Balaban J connectivity index is 1.61. The molecule has 0 unspecified atom stereocenters. The van der Waals surface area contributed by atoms with Crippen LogP contribution in [0.3, 0.4) is 0 Å². The number of carbonyl (C=O) groups is 1. The van der Waals surface area contributed by atoms with Crippen molar-refractivity contribution in [3.63, 3.8) is 0 Å². The fourth-order valence-corrected chi connectivity index (χ4v) is 2.89. The first-order valence-corrected chi connectivity index (χ1v) is 8.38. The van der Waals surface area contributed by atoms with Gasteiger partial charge in [0, 0.05) is 16.6 Å². The number of amides is 1. The Hall–Kier alpha value is -2.56. The van der Waals surface area contributed by atoms with E-state index < -0.39 is 0 Å². The normalized spacial score (nSPS) is 11.0. The smallest absolute Gasteiger partial charge is 0.259 e. The summed E-state index contributed by atoms with van der Waals surface area (Å²) < 4.78 is 0. The zero-order valence-corrected chi connectivity index (χ0v) is 14.7. The van der Waals surface area contributed by atoms with Gasteiger partial charge in [0.05, 0.1) is 22.8 Å². The molecule has 0 bridgehead atoms. The Labute approximate surface area is 155 Å². The van der Waals surface area contributed by atoms with Crippen LogP contribution >= 0.6 is 23.2 Å². The molecule has 0 radical (unpaired) electrons. The Kier molecular flexibility index (Phi) is 5.53. The van der Waals surface area contributed by atoms with Gasteiger partial charge in [-0.3, -0.25) is 4.79 Å². The topological polar surface area (TPSA) is 53.5 Å². The van der Waals surface area contributed by atoms with Crippen LogP contribution in [0, 0.1) is 0 Å². The average molecular weight is 372 g/mol. The van der Waals surface area contributed by atoms with Crippen LogP contribution in [-0.2, 0) is 4.79 Å². The maximum absolute atomic E-state index is 12.0. The molecule has 0 fully saturated rings. The Morgan fingerprint density at radius 2 is 1.64 bits per heavy atom. The van der Waals surface area contributed by atoms with E-state index in [9.17, 15) is 4.79 Å². The Morgan fingerprint density at radius 1 is 0.960 bits per heavy atom. The second kappa shape index (κ2) is 8.01. The van der Waals surface area contributed by atoms with Gasteiger partial charge in [-0.2, -0.15) is 5.10 Å². The molecule has 126 valence electrons. The van der Waals surface area contributed by atoms with Gasteiger partial charge in [-0.15, -0.1) is 0 Å². The molecule has 3 aromatic rings. The number of nitrogens with zero attached hydrogens (tertiary/aromatic N) is 1. The second-order valence-electron chi connectivity index (χ2n) is 5.31. The summed E-state index contributed by atoms with van der Waals surface area (Å²) in [4.78, 5) is 12.0. The minimum absolute atomic E-state index is 0.0988. The molecule has 3 rings (SSSR count). The van der Waals surface area contributed by atoms with E-state index in [1.54, 1.807) is 18.2 Å². The van der Waals surface area contributed by atoms with Crippen molar-refractivity contribution in [2.75, 3.05) is 11.9 Å². The van der Waals surface area contributed by atoms with Crippen molar-refractivity contribution < 1.29 is 4.79 Å². The molecule has 1 amide bonds. The molecule has 0 saturated heterocycles. The molecule has 0 atom stereocenters. The summed E-state index contributed by atoms with van der Waals surface area (Å²) >= 11 is 12.1. The number of anilines is 1. The maximum atomic E-state index is 12.0. The van der Waals surface area contributed by atoms with Crippen molar-refractivity contribution >= 4 is 51.8 Å². The van der Waals surface area contributed by atoms with Gasteiger partial charge in [0.1, 0.15) is 0 Å². The van der Waals surface area contributed by atoms with Crippen molar-refractivity contribution in [1.29, 1.82) is 0 Å². The number of halogens is 2. The standard InChI is InChI=1S/C19H15Cl2N3O/c20-16-8-4-9-17(21)15(16)11-23-24-19(25)12-22-18-10-3-6-13-5-1-2-7-14(13)18/h1-11,22H,12H2,(H,24,25)/b23-11-. The van der Waals surface area contributed by atoms with Gasteiger partial charge in [-0.25, -0.2) is 5.43 Å². The third kappa shape index (κ3) is 4.29. The molecular formula is C19H15Cl2N3O. The zero-order chi connectivity index (χ0) is 17.6. The lowest BCUT2D eigenvalue weighted by molar-refractivity contribution is -0.119. The summed E-state index contributed by atoms with van der Waals surface area (Å²) in [6, 6.07) is 19.0. The predicted molar refractivity (Wildman–Crippen MR) is 105 cm³/mol. The zero-order valence-electron chi connectivity index (χ0n) is 13.2. The first kappa shape index (κ1) is 17.3. The molecule has 4 nitrogen and oxygen atoms in total. The van der Waals surface area contributed by atoms with Crippen molar-refractivity contribution in [1.82, 2.24) is 5.43 Å². The summed E-state index contributed by atoms with van der Waals surface area (Å²) in [6.07, 6.45) is 1.43. The number of fused-ring (bicyclic) bond motifs is 1. The van der Waals surface area contributed by atoms with E-state index in [1.807, 2.05) is 42.5 Å². The molecule has 0 saturated carbocycles. The van der Waals surface area contributed by atoms with Crippen LogP contribution in [0.2, 0.25) is 10.0 Å². The molecular weight excluding hydrogens is 357 g/mol. The summed E-state index contributed by atoms with van der Waals surface area (Å²) in [5, 5.41) is 10.1. The minimum Gasteiger partial charge on any atom is -0.376 e. The molecule has 0 spiro atoms. The van der Waals surface area contributed by atoms with Gasteiger partial charge in [0.25, 0.3) is 5.91 Å². The summed E-state index contributed by atoms with van der Waals surface area (Å²) in [7, 11) is 0.